The van der Waals surface area contributed by atoms with Gasteiger partial charge < -0.3 is 0 Å². The van der Waals surface area contributed by atoms with Crippen LogP contribution in [0.15, 0.2) is 49.1 Å². The van der Waals surface area contributed by atoms with E-state index in [-0.39, 0.29) is 24.0 Å². The highest BCUT2D eigenvalue weighted by Crippen LogP contribution is 2.27. The van der Waals surface area contributed by atoms with Gasteiger partial charge in [-0.25, -0.2) is 0 Å². The van der Waals surface area contributed by atoms with Crippen LogP contribution in [0.4, 0.5) is 0 Å². The number of amides is 4. The molecule has 0 radical (unpaired) electrons. The minimum atomic E-state index is -0.954. The smallest absolute Gasteiger partial charge is 0.262 e. The van der Waals surface area contributed by atoms with E-state index in [1.807, 2.05) is 34.6 Å². The molecule has 1 unspecified atom stereocenters. The van der Waals surface area contributed by atoms with Gasteiger partial charge in [0.25, 0.3) is 11.8 Å². The van der Waals surface area contributed by atoms with Crippen molar-refractivity contribution >= 4 is 23.6 Å². The van der Waals surface area contributed by atoms with Crippen LogP contribution in [-0.4, -0.2) is 34.6 Å². The Bertz CT molecular complexity index is 573. The van der Waals surface area contributed by atoms with Gasteiger partial charge in [0.2, 0.25) is 11.8 Å². The third kappa shape index (κ3) is 5.95. The van der Waals surface area contributed by atoms with Crippen molar-refractivity contribution in [2.24, 2.45) is 0 Å². The number of carbonyl (C=O) groups is 4. The van der Waals surface area contributed by atoms with Gasteiger partial charge in [-0.05, 0) is 13.3 Å². The van der Waals surface area contributed by atoms with Crippen LogP contribution in [-0.2, 0) is 19.2 Å². The molecule has 0 aromatic rings. The number of rotatable bonds is 3. The summed E-state index contributed by atoms with van der Waals surface area (Å²) in [6.07, 6.45) is 4.52. The number of hydrogen-bond acceptors (Lipinski definition) is 4. The summed E-state index contributed by atoms with van der Waals surface area (Å²) < 4.78 is 0. The number of nitrogens with one attached hydrogen (secondary N) is 1. The Balaban J connectivity index is 0. The fourth-order valence-electron chi connectivity index (χ4n) is 2.19. The lowest BCUT2D eigenvalue weighted by Crippen LogP contribution is -2.54. The summed E-state index contributed by atoms with van der Waals surface area (Å²) in [5.41, 5.74) is 0.259. The fourth-order valence-corrected chi connectivity index (χ4v) is 2.19. The average molecular weight is 362 g/mol. The Labute approximate surface area is 156 Å². The zero-order valence-corrected chi connectivity index (χ0v) is 16.4. The van der Waals surface area contributed by atoms with Crippen molar-refractivity contribution in [1.82, 2.24) is 10.2 Å². The molecular formula is C20H30N2O4. The standard InChI is InChI=1S/C13H12N2O4.C3H6.2C2H6/c1-3-7-8(4-2)13(19)15(12(7)18)9-5-6-10(16)14-11(9)17;1-3-2;2*1-2/h3-4,9H,1-2,5-6H2,(H,14,16,17);3H,1H2,2H3;2*1-2H3. The Hall–Kier alpha value is -2.76. The normalized spacial score (nSPS) is 18.3. The molecule has 1 saturated heterocycles. The van der Waals surface area contributed by atoms with Crippen molar-refractivity contribution in [1.29, 1.82) is 0 Å². The summed E-state index contributed by atoms with van der Waals surface area (Å²) in [5, 5.41) is 2.12. The van der Waals surface area contributed by atoms with Crippen LogP contribution in [0.1, 0.15) is 47.5 Å². The molecule has 2 aliphatic rings. The maximum atomic E-state index is 12.1. The van der Waals surface area contributed by atoms with E-state index in [0.717, 1.165) is 4.90 Å². The van der Waals surface area contributed by atoms with E-state index in [0.29, 0.717) is 0 Å². The molecule has 0 bridgehead atoms. The Morgan fingerprint density at radius 2 is 1.31 bits per heavy atom. The molecule has 6 nitrogen and oxygen atoms in total. The molecule has 0 spiro atoms. The molecule has 0 aromatic heterocycles. The van der Waals surface area contributed by atoms with E-state index in [1.54, 1.807) is 6.08 Å². The van der Waals surface area contributed by atoms with Gasteiger partial charge in [-0.2, -0.15) is 0 Å². The van der Waals surface area contributed by atoms with E-state index in [1.165, 1.54) is 12.2 Å². The number of imide groups is 2. The van der Waals surface area contributed by atoms with Gasteiger partial charge >= 0.3 is 0 Å². The average Bonchev–Trinajstić information content (AvgIpc) is 2.89. The van der Waals surface area contributed by atoms with E-state index >= 15 is 0 Å². The first-order chi connectivity index (χ1) is 12.4. The zero-order chi connectivity index (χ0) is 20.9. The summed E-state index contributed by atoms with van der Waals surface area (Å²) in [5.74, 6) is -2.19. The minimum absolute atomic E-state index is 0.0975. The van der Waals surface area contributed by atoms with Gasteiger partial charge in [0.15, 0.2) is 0 Å². The number of piperidine rings is 1. The highest BCUT2D eigenvalue weighted by Gasteiger charge is 2.44. The number of allylic oxidation sites excluding steroid dienone is 1. The van der Waals surface area contributed by atoms with Gasteiger partial charge in [-0.1, -0.05) is 59.1 Å². The van der Waals surface area contributed by atoms with Crippen LogP contribution in [0.3, 0.4) is 0 Å². The van der Waals surface area contributed by atoms with Crippen molar-refractivity contribution < 1.29 is 19.2 Å². The Kier molecular flexibility index (Phi) is 13.3. The summed E-state index contributed by atoms with van der Waals surface area (Å²) >= 11 is 0. The summed E-state index contributed by atoms with van der Waals surface area (Å²) in [6, 6.07) is -0.954. The lowest BCUT2D eigenvalue weighted by molar-refractivity contribution is -0.149. The molecule has 0 saturated carbocycles. The lowest BCUT2D eigenvalue weighted by atomic mass is 10.0. The zero-order valence-electron chi connectivity index (χ0n) is 16.4. The molecule has 6 heteroatoms. The molecule has 2 aliphatic heterocycles. The third-order valence-electron chi connectivity index (χ3n) is 3.12. The third-order valence-corrected chi connectivity index (χ3v) is 3.12. The molecular weight excluding hydrogens is 332 g/mol. The van der Waals surface area contributed by atoms with Gasteiger partial charge in [0.1, 0.15) is 6.04 Å². The molecule has 26 heavy (non-hydrogen) atoms. The van der Waals surface area contributed by atoms with Crippen LogP contribution in [0.2, 0.25) is 0 Å². The van der Waals surface area contributed by atoms with Gasteiger partial charge in [0, 0.05) is 6.42 Å². The van der Waals surface area contributed by atoms with E-state index < -0.39 is 29.7 Å². The fraction of sp³-hybridized carbons (Fsp3) is 0.400. The molecule has 2 rings (SSSR count). The summed E-state index contributed by atoms with van der Waals surface area (Å²) in [4.78, 5) is 47.9. The molecule has 0 aromatic carbocycles. The first kappa shape index (κ1) is 25.5. The second-order valence-electron chi connectivity index (χ2n) is 4.59. The van der Waals surface area contributed by atoms with Crippen LogP contribution in [0.5, 0.6) is 0 Å². The highest BCUT2D eigenvalue weighted by molar-refractivity contribution is 6.23. The predicted octanol–water partition coefficient (Wildman–Crippen LogP) is 3.07. The molecule has 4 amide bonds. The minimum Gasteiger partial charge on any atom is -0.295 e. The highest BCUT2D eigenvalue weighted by atomic mass is 16.2. The SMILES string of the molecule is C=CC.C=CC1=C(C=C)C(=O)N(C2CCC(=O)NC2=O)C1=O.CC.CC. The van der Waals surface area contributed by atoms with Crippen molar-refractivity contribution in [3.8, 4) is 0 Å². The molecule has 2 heterocycles. The first-order valence-corrected chi connectivity index (χ1v) is 8.70. The molecule has 1 atom stereocenters. The van der Waals surface area contributed by atoms with Crippen molar-refractivity contribution in [3.63, 3.8) is 0 Å². The van der Waals surface area contributed by atoms with Gasteiger partial charge in [-0.15, -0.1) is 6.58 Å². The second kappa shape index (κ2) is 13.5. The maximum absolute atomic E-state index is 12.1. The molecule has 0 aliphatic carbocycles. The Morgan fingerprint density at radius 3 is 1.62 bits per heavy atom. The number of hydrogen-bond donors (Lipinski definition) is 1. The van der Waals surface area contributed by atoms with Crippen LogP contribution < -0.4 is 5.32 Å². The number of nitrogens with zero attached hydrogens (tertiary/aromatic N) is 1. The quantitative estimate of drug-likeness (QED) is 0.618. The predicted molar refractivity (Wildman–Crippen MR) is 104 cm³/mol. The molecule has 1 fully saturated rings. The second-order valence-corrected chi connectivity index (χ2v) is 4.59. The monoisotopic (exact) mass is 362 g/mol. The van der Waals surface area contributed by atoms with E-state index in [4.69, 9.17) is 0 Å². The summed E-state index contributed by atoms with van der Waals surface area (Å²) in [6.45, 7) is 20.2. The largest absolute Gasteiger partial charge is 0.295 e. The summed E-state index contributed by atoms with van der Waals surface area (Å²) in [7, 11) is 0. The Morgan fingerprint density at radius 1 is 0.923 bits per heavy atom. The maximum Gasteiger partial charge on any atom is 0.262 e. The molecule has 144 valence electrons. The van der Waals surface area contributed by atoms with Crippen LogP contribution >= 0.6 is 0 Å². The van der Waals surface area contributed by atoms with Crippen LogP contribution in [0.25, 0.3) is 0 Å². The van der Waals surface area contributed by atoms with Crippen molar-refractivity contribution in [3.05, 3.63) is 49.1 Å². The van der Waals surface area contributed by atoms with E-state index in [2.05, 4.69) is 25.1 Å². The van der Waals surface area contributed by atoms with E-state index in [9.17, 15) is 19.2 Å². The van der Waals surface area contributed by atoms with Crippen LogP contribution in [0, 0.1) is 0 Å². The first-order valence-electron chi connectivity index (χ1n) is 8.70. The molecule has 1 N–H and O–H groups in total. The van der Waals surface area contributed by atoms with Crippen molar-refractivity contribution in [2.45, 2.75) is 53.5 Å². The van der Waals surface area contributed by atoms with Gasteiger partial charge in [-0.3, -0.25) is 29.4 Å². The van der Waals surface area contributed by atoms with Gasteiger partial charge in [0.05, 0.1) is 11.1 Å². The van der Waals surface area contributed by atoms with Crippen molar-refractivity contribution in [2.75, 3.05) is 0 Å². The number of carbonyl (C=O) groups excluding carboxylic acids is 4. The topological polar surface area (TPSA) is 83.6 Å². The lowest BCUT2D eigenvalue weighted by Gasteiger charge is -2.28.